The smallest absolute Gasteiger partial charge is 0.406 e. The number of nitrogens with zero attached hydrogens (tertiary/aromatic N) is 1. The van der Waals surface area contributed by atoms with Crippen molar-refractivity contribution in [1.82, 2.24) is 15.5 Å². The molecule has 0 bridgehead atoms. The third-order valence-corrected chi connectivity index (χ3v) is 7.21. The van der Waals surface area contributed by atoms with Crippen LogP contribution in [0.25, 0.3) is 0 Å². The molecule has 2 heterocycles. The first-order valence-electron chi connectivity index (χ1n) is 13.0. The second-order valence-electron chi connectivity index (χ2n) is 9.81. The summed E-state index contributed by atoms with van der Waals surface area (Å²) in [5.41, 5.74) is 6.86. The molecular formula is C26H41ClN4O5. The summed E-state index contributed by atoms with van der Waals surface area (Å²) in [5.74, 6) is 0.987. The van der Waals surface area contributed by atoms with E-state index in [1.807, 2.05) is 23.1 Å². The van der Waals surface area contributed by atoms with Crippen LogP contribution in [0.4, 0.5) is 9.59 Å². The lowest BCUT2D eigenvalue weighted by Crippen LogP contribution is -2.48. The molecule has 9 nitrogen and oxygen atoms in total. The zero-order valence-corrected chi connectivity index (χ0v) is 22.0. The maximum Gasteiger partial charge on any atom is 0.406 e. The van der Waals surface area contributed by atoms with Gasteiger partial charge in [-0.1, -0.05) is 23.7 Å². The van der Waals surface area contributed by atoms with Crippen molar-refractivity contribution in [3.63, 3.8) is 0 Å². The lowest BCUT2D eigenvalue weighted by Gasteiger charge is -2.34. The van der Waals surface area contributed by atoms with E-state index < -0.39 is 6.09 Å². The van der Waals surface area contributed by atoms with Crippen molar-refractivity contribution >= 4 is 23.7 Å². The summed E-state index contributed by atoms with van der Waals surface area (Å²) in [7, 11) is 1.33. The number of benzene rings is 1. The van der Waals surface area contributed by atoms with Gasteiger partial charge in [0.15, 0.2) is 0 Å². The van der Waals surface area contributed by atoms with Crippen LogP contribution in [0.1, 0.15) is 43.8 Å². The molecule has 202 valence electrons. The molecule has 3 amide bonds. The molecule has 2 fully saturated rings. The maximum atomic E-state index is 12.9. The summed E-state index contributed by atoms with van der Waals surface area (Å²) in [6.07, 6.45) is 4.26. The van der Waals surface area contributed by atoms with Gasteiger partial charge in [0.25, 0.3) is 0 Å². The molecule has 4 atom stereocenters. The Morgan fingerprint density at radius 3 is 2.78 bits per heavy atom. The quantitative estimate of drug-likeness (QED) is 0.407. The zero-order valence-electron chi connectivity index (χ0n) is 21.3. The van der Waals surface area contributed by atoms with Gasteiger partial charge in [-0.15, -0.1) is 0 Å². The highest BCUT2D eigenvalue weighted by atomic mass is 35.5. The number of hydrogen-bond acceptors (Lipinski definition) is 6. The highest BCUT2D eigenvalue weighted by Gasteiger charge is 2.26. The van der Waals surface area contributed by atoms with Crippen molar-refractivity contribution in [2.75, 3.05) is 59.7 Å². The average molecular weight is 525 g/mol. The molecule has 36 heavy (non-hydrogen) atoms. The Morgan fingerprint density at radius 1 is 1.22 bits per heavy atom. The minimum absolute atomic E-state index is 0.0446. The third-order valence-electron chi connectivity index (χ3n) is 6.97. The summed E-state index contributed by atoms with van der Waals surface area (Å²) in [6.45, 7) is 4.87. The minimum atomic E-state index is -0.516. The Balaban J connectivity index is 1.47. The van der Waals surface area contributed by atoms with Crippen LogP contribution in [0.5, 0.6) is 0 Å². The molecular weight excluding hydrogens is 484 g/mol. The number of amides is 3. The number of rotatable bonds is 11. The van der Waals surface area contributed by atoms with Crippen molar-refractivity contribution in [2.45, 2.75) is 38.2 Å². The van der Waals surface area contributed by atoms with E-state index in [4.69, 9.17) is 26.8 Å². The molecule has 2 aliphatic heterocycles. The molecule has 0 radical (unpaired) electrons. The van der Waals surface area contributed by atoms with Crippen LogP contribution in [-0.2, 0) is 14.2 Å². The van der Waals surface area contributed by atoms with E-state index >= 15 is 0 Å². The van der Waals surface area contributed by atoms with Gasteiger partial charge in [-0.05, 0) is 68.2 Å². The van der Waals surface area contributed by atoms with Gasteiger partial charge in [0, 0.05) is 43.8 Å². The number of urea groups is 1. The fourth-order valence-electron chi connectivity index (χ4n) is 4.94. The van der Waals surface area contributed by atoms with E-state index in [0.717, 1.165) is 51.0 Å². The summed E-state index contributed by atoms with van der Waals surface area (Å²) in [4.78, 5) is 26.4. The Kier molecular flexibility index (Phi) is 12.1. The number of hydrogen-bond donors (Lipinski definition) is 3. The molecule has 2 aliphatic rings. The molecule has 10 heteroatoms. The SMILES string of the molecule is COC(=O)NCC(OCC1CCCN(C(=O)NCC(CN)CC2CCCOC2)C1)c1cccc(Cl)c1. The Bertz CT molecular complexity index is 823. The van der Waals surface area contributed by atoms with Crippen LogP contribution in [-0.4, -0.2) is 76.7 Å². The van der Waals surface area contributed by atoms with E-state index in [9.17, 15) is 9.59 Å². The summed E-state index contributed by atoms with van der Waals surface area (Å²) in [5, 5.41) is 6.41. The van der Waals surface area contributed by atoms with E-state index in [1.165, 1.54) is 13.5 Å². The van der Waals surface area contributed by atoms with Gasteiger partial charge < -0.3 is 35.5 Å². The maximum absolute atomic E-state index is 12.9. The molecule has 1 aromatic rings. The Labute approximate surface area is 219 Å². The molecule has 0 aromatic heterocycles. The summed E-state index contributed by atoms with van der Waals surface area (Å²) >= 11 is 6.17. The Hall–Kier alpha value is -2.07. The third kappa shape index (κ3) is 9.42. The molecule has 0 saturated carbocycles. The minimum Gasteiger partial charge on any atom is -0.453 e. The van der Waals surface area contributed by atoms with Gasteiger partial charge in [-0.3, -0.25) is 0 Å². The van der Waals surface area contributed by atoms with Gasteiger partial charge >= 0.3 is 12.1 Å². The number of nitrogens with one attached hydrogen (secondary N) is 2. The number of piperidine rings is 1. The van der Waals surface area contributed by atoms with Crippen LogP contribution in [0.3, 0.4) is 0 Å². The molecule has 2 saturated heterocycles. The largest absolute Gasteiger partial charge is 0.453 e. The Morgan fingerprint density at radius 2 is 2.06 bits per heavy atom. The number of methoxy groups -OCH3 is 1. The van der Waals surface area contributed by atoms with Crippen LogP contribution in [0.2, 0.25) is 5.02 Å². The number of nitrogens with two attached hydrogens (primary N) is 1. The molecule has 0 aliphatic carbocycles. The molecule has 4 N–H and O–H groups in total. The monoisotopic (exact) mass is 524 g/mol. The van der Waals surface area contributed by atoms with E-state index in [-0.39, 0.29) is 30.5 Å². The summed E-state index contributed by atoms with van der Waals surface area (Å²) in [6, 6.07) is 7.36. The number of carbonyl (C=O) groups excluding carboxylic acids is 2. The van der Waals surface area contributed by atoms with Gasteiger partial charge in [0.05, 0.1) is 26.4 Å². The lowest BCUT2D eigenvalue weighted by molar-refractivity contribution is 0.0127. The molecule has 4 unspecified atom stereocenters. The van der Waals surface area contributed by atoms with Gasteiger partial charge in [0.2, 0.25) is 0 Å². The number of halogens is 1. The fraction of sp³-hybridized carbons (Fsp3) is 0.692. The first kappa shape index (κ1) is 28.5. The number of ether oxygens (including phenoxy) is 3. The second-order valence-corrected chi connectivity index (χ2v) is 10.2. The van der Waals surface area contributed by atoms with Crippen molar-refractivity contribution in [3.8, 4) is 0 Å². The number of alkyl carbamates (subject to hydrolysis) is 1. The van der Waals surface area contributed by atoms with E-state index in [1.54, 1.807) is 6.07 Å². The van der Waals surface area contributed by atoms with Gasteiger partial charge in [-0.2, -0.15) is 0 Å². The second kappa shape index (κ2) is 15.2. The lowest BCUT2D eigenvalue weighted by atomic mass is 9.90. The molecule has 0 spiro atoms. The van der Waals surface area contributed by atoms with Crippen LogP contribution < -0.4 is 16.4 Å². The molecule has 1 aromatic carbocycles. The van der Waals surface area contributed by atoms with Crippen molar-refractivity contribution in [3.05, 3.63) is 34.9 Å². The van der Waals surface area contributed by atoms with E-state index in [0.29, 0.717) is 37.2 Å². The highest BCUT2D eigenvalue weighted by molar-refractivity contribution is 6.30. The van der Waals surface area contributed by atoms with Crippen molar-refractivity contribution < 1.29 is 23.8 Å². The fourth-order valence-corrected chi connectivity index (χ4v) is 5.14. The zero-order chi connectivity index (χ0) is 25.8. The van der Waals surface area contributed by atoms with Crippen LogP contribution in [0.15, 0.2) is 24.3 Å². The van der Waals surface area contributed by atoms with Crippen molar-refractivity contribution in [2.24, 2.45) is 23.5 Å². The first-order chi connectivity index (χ1) is 17.5. The van der Waals surface area contributed by atoms with Gasteiger partial charge in [-0.25, -0.2) is 9.59 Å². The van der Waals surface area contributed by atoms with Gasteiger partial charge in [0.1, 0.15) is 0 Å². The summed E-state index contributed by atoms with van der Waals surface area (Å²) < 4.78 is 16.5. The topological polar surface area (TPSA) is 115 Å². The predicted molar refractivity (Wildman–Crippen MR) is 139 cm³/mol. The predicted octanol–water partition coefficient (Wildman–Crippen LogP) is 3.57. The highest BCUT2D eigenvalue weighted by Crippen LogP contribution is 2.25. The standard InChI is InChI=1S/C26H41ClN4O5/c1-34-26(33)30-15-24(22-7-2-8-23(27)12-22)36-18-20-5-3-9-31(16-20)25(32)29-14-21(13-28)11-19-6-4-10-35-17-19/h2,7-8,12,19-21,24H,3-6,9-11,13-18,28H2,1H3,(H,29,32)(H,30,33). The number of carbonyl (C=O) groups is 2. The normalized spacial score (nSPS) is 21.9. The number of likely N-dealkylation sites (tertiary alicyclic amines) is 1. The van der Waals surface area contributed by atoms with Crippen molar-refractivity contribution in [1.29, 1.82) is 0 Å². The average Bonchev–Trinajstić information content (AvgIpc) is 2.91. The molecule has 3 rings (SSSR count). The van der Waals surface area contributed by atoms with Crippen LogP contribution in [0, 0.1) is 17.8 Å². The van der Waals surface area contributed by atoms with Crippen LogP contribution >= 0.6 is 11.6 Å². The first-order valence-corrected chi connectivity index (χ1v) is 13.4. The van der Waals surface area contributed by atoms with E-state index in [2.05, 4.69) is 15.4 Å².